The summed E-state index contributed by atoms with van der Waals surface area (Å²) in [5, 5.41) is 4.96. The number of rotatable bonds is 1. The van der Waals surface area contributed by atoms with Crippen LogP contribution in [-0.2, 0) is 17.3 Å². The number of fused-ring (bicyclic) bond motifs is 12. The van der Waals surface area contributed by atoms with Crippen molar-refractivity contribution < 1.29 is 0 Å². The monoisotopic (exact) mass is 1110 g/mol. The largest absolute Gasteiger partial charge is 0.309 e. The first-order chi connectivity index (χ1) is 39.2. The Bertz CT molecular complexity index is 4030. The van der Waals surface area contributed by atoms with Crippen LogP contribution in [-0.4, -0.2) is 4.57 Å². The molecule has 21 rings (SSSR count). The molecule has 9 aromatic carbocycles. The topological polar surface area (TPSA) is 4.93 Å². The van der Waals surface area contributed by atoms with Gasteiger partial charge in [0.1, 0.15) is 0 Å². The van der Waals surface area contributed by atoms with Crippen molar-refractivity contribution in [1.29, 1.82) is 0 Å². The molecule has 0 unspecified atom stereocenters. The highest BCUT2D eigenvalue weighted by molar-refractivity contribution is 6.32. The molecule has 1 heterocycles. The van der Waals surface area contributed by atoms with Gasteiger partial charge in [-0.25, -0.2) is 0 Å². The second kappa shape index (κ2) is 19.9. The van der Waals surface area contributed by atoms with E-state index in [-0.39, 0.29) is 12.8 Å². The van der Waals surface area contributed by atoms with Crippen LogP contribution in [0.3, 0.4) is 0 Å². The van der Waals surface area contributed by atoms with Gasteiger partial charge in [-0.15, -0.1) is 0 Å². The molecule has 8 saturated carbocycles. The molecule has 8 fully saturated rings. The number of para-hydroxylation sites is 1. The normalized spacial score (nSPS) is 27.0. The SMILES string of the molecule is C.Cc1ccccc1.Clc1ccc2c(c1)-c1ccccc1C2.Clc1ccc2c(c1)-c1ccccc1C21C2CC3CC(C2)CC1C3.Clc1ccc2c(c1)c1ccccc1n2-c1ccc2c(c1)-c1ccccc1C21C2CC3CC(C2)CC1C3. The predicted molar refractivity (Wildman–Crippen MR) is 341 cm³/mol. The van der Waals surface area contributed by atoms with E-state index in [1.54, 1.807) is 22.3 Å². The Hall–Kier alpha value is -6.35. The van der Waals surface area contributed by atoms with Gasteiger partial charge in [0.05, 0.1) is 11.0 Å². The third kappa shape index (κ3) is 7.98. The van der Waals surface area contributed by atoms with Crippen molar-refractivity contribution >= 4 is 56.6 Å². The molecule has 4 heteroatoms. The summed E-state index contributed by atoms with van der Waals surface area (Å²) in [6, 6.07) is 72.7. The molecule has 404 valence electrons. The molecule has 8 bridgehead atoms. The maximum Gasteiger partial charge on any atom is 0.0542 e. The number of aromatic nitrogens is 1. The first-order valence-electron chi connectivity index (χ1n) is 29.9. The van der Waals surface area contributed by atoms with Gasteiger partial charge in [-0.05, 0) is 252 Å². The van der Waals surface area contributed by atoms with Crippen LogP contribution in [0.5, 0.6) is 0 Å². The highest BCUT2D eigenvalue weighted by Gasteiger charge is 2.63. The van der Waals surface area contributed by atoms with Crippen molar-refractivity contribution in [3.63, 3.8) is 0 Å². The number of aryl methyl sites for hydroxylation is 1. The van der Waals surface area contributed by atoms with E-state index in [0.29, 0.717) is 5.41 Å². The molecule has 1 aromatic heterocycles. The van der Waals surface area contributed by atoms with Gasteiger partial charge in [-0.2, -0.15) is 0 Å². The summed E-state index contributed by atoms with van der Waals surface area (Å²) >= 11 is 18.8. The third-order valence-corrected chi connectivity index (χ3v) is 22.4. The van der Waals surface area contributed by atoms with Crippen LogP contribution in [0.15, 0.2) is 200 Å². The molecule has 11 aliphatic rings. The number of hydrogen-bond acceptors (Lipinski definition) is 0. The molecule has 0 radical (unpaired) electrons. The Kier molecular flexibility index (Phi) is 12.7. The van der Waals surface area contributed by atoms with Gasteiger partial charge in [0, 0.05) is 42.4 Å². The minimum Gasteiger partial charge on any atom is -0.309 e. The van der Waals surface area contributed by atoms with Gasteiger partial charge in [0.15, 0.2) is 0 Å². The molecule has 81 heavy (non-hydrogen) atoms. The second-order valence-electron chi connectivity index (χ2n) is 25.7. The Morgan fingerprint density at radius 2 is 0.778 bits per heavy atom. The van der Waals surface area contributed by atoms with E-state index < -0.39 is 0 Å². The maximum atomic E-state index is 6.44. The smallest absolute Gasteiger partial charge is 0.0542 e. The molecule has 11 aliphatic carbocycles. The molecule has 0 saturated heterocycles. The fraction of sp³-hybridized carbons (Fsp3) is 0.299. The quantitative estimate of drug-likeness (QED) is 0.154. The molecule has 2 spiro atoms. The zero-order valence-electron chi connectivity index (χ0n) is 45.5. The van der Waals surface area contributed by atoms with E-state index in [2.05, 4.69) is 181 Å². The van der Waals surface area contributed by atoms with Gasteiger partial charge in [-0.3, -0.25) is 0 Å². The minimum absolute atomic E-state index is 0. The molecule has 0 atom stereocenters. The van der Waals surface area contributed by atoms with Crippen molar-refractivity contribution in [2.24, 2.45) is 47.3 Å². The molecular weight excluding hydrogens is 1050 g/mol. The summed E-state index contributed by atoms with van der Waals surface area (Å²) in [4.78, 5) is 0. The average molecular weight is 1120 g/mol. The van der Waals surface area contributed by atoms with E-state index in [9.17, 15) is 0 Å². The van der Waals surface area contributed by atoms with E-state index in [1.165, 1.54) is 142 Å². The lowest BCUT2D eigenvalue weighted by Gasteiger charge is -2.61. The predicted octanol–water partition coefficient (Wildman–Crippen LogP) is 21.8. The van der Waals surface area contributed by atoms with Crippen LogP contribution < -0.4 is 0 Å². The van der Waals surface area contributed by atoms with E-state index in [0.717, 1.165) is 68.8 Å². The van der Waals surface area contributed by atoms with Gasteiger partial charge in [-0.1, -0.05) is 187 Å². The van der Waals surface area contributed by atoms with Crippen LogP contribution in [0.1, 0.15) is 111 Å². The Morgan fingerprint density at radius 3 is 1.37 bits per heavy atom. The van der Waals surface area contributed by atoms with Gasteiger partial charge >= 0.3 is 0 Å². The van der Waals surface area contributed by atoms with Crippen molar-refractivity contribution in [3.8, 4) is 39.1 Å². The second-order valence-corrected chi connectivity index (χ2v) is 27.0. The fourth-order valence-corrected chi connectivity index (χ4v) is 19.8. The number of hydrogen-bond donors (Lipinski definition) is 0. The fourth-order valence-electron chi connectivity index (χ4n) is 19.3. The molecule has 10 aromatic rings. The minimum atomic E-state index is 0. The van der Waals surface area contributed by atoms with Crippen LogP contribution in [0.25, 0.3) is 60.9 Å². The Morgan fingerprint density at radius 1 is 0.346 bits per heavy atom. The van der Waals surface area contributed by atoms with Gasteiger partial charge < -0.3 is 4.57 Å². The summed E-state index contributed by atoms with van der Waals surface area (Å²) in [5.41, 5.74) is 23.3. The highest BCUT2D eigenvalue weighted by Crippen LogP contribution is 2.71. The molecule has 0 N–H and O–H groups in total. The lowest BCUT2D eigenvalue weighted by atomic mass is 9.43. The lowest BCUT2D eigenvalue weighted by Crippen LogP contribution is -2.55. The molecular formula is C77H70Cl3N. The van der Waals surface area contributed by atoms with Crippen molar-refractivity contribution in [3.05, 3.63) is 254 Å². The van der Waals surface area contributed by atoms with E-state index >= 15 is 0 Å². The summed E-state index contributed by atoms with van der Waals surface area (Å²) in [5.74, 6) is 7.26. The zero-order valence-corrected chi connectivity index (χ0v) is 47.8. The summed E-state index contributed by atoms with van der Waals surface area (Å²) in [6.45, 7) is 2.08. The van der Waals surface area contributed by atoms with Gasteiger partial charge in [0.25, 0.3) is 0 Å². The standard InChI is InChI=1S/C34H28ClN.C22H21Cl.C13H9Cl.C7H8.CH4/c35-24-9-12-33-29(18-24)27-6-2-4-8-32(27)36(33)25-10-11-31-28(19-25)26-5-1-3-7-30(26)34(31)22-14-20-13-21(16-22)17-23(34)15-20;23-17-5-6-21-19(12-17)18-3-1-2-4-20(18)22(21)15-8-13-7-14(10-15)11-16(22)9-13;14-11-6-5-10-7-9-3-1-2-4-12(9)13(10)8-11;1-7-5-3-2-4-6-7;/h1-12,18-23H,13-17H2;1-6,12-16H,7-11H2;1-6,8H,7H2;2-6H,1H3;1H4. The van der Waals surface area contributed by atoms with Crippen LogP contribution >= 0.6 is 34.8 Å². The van der Waals surface area contributed by atoms with Crippen molar-refractivity contribution in [1.82, 2.24) is 4.57 Å². The highest BCUT2D eigenvalue weighted by atomic mass is 35.5. The van der Waals surface area contributed by atoms with E-state index in [1.807, 2.05) is 30.3 Å². The average Bonchev–Trinajstić information content (AvgIpc) is 2.46. The van der Waals surface area contributed by atoms with Gasteiger partial charge in [0.2, 0.25) is 0 Å². The first-order valence-corrected chi connectivity index (χ1v) is 31.1. The third-order valence-electron chi connectivity index (χ3n) is 21.6. The first kappa shape index (κ1) is 51.5. The number of halogens is 3. The zero-order chi connectivity index (χ0) is 53.4. The van der Waals surface area contributed by atoms with Crippen LogP contribution in [0.2, 0.25) is 15.1 Å². The molecule has 0 aliphatic heterocycles. The molecule has 0 amide bonds. The van der Waals surface area contributed by atoms with E-state index in [4.69, 9.17) is 34.8 Å². The summed E-state index contributed by atoms with van der Waals surface area (Å²) in [7, 11) is 0. The summed E-state index contributed by atoms with van der Waals surface area (Å²) < 4.78 is 2.44. The van der Waals surface area contributed by atoms with Crippen LogP contribution in [0, 0.1) is 54.3 Å². The number of benzene rings is 9. The van der Waals surface area contributed by atoms with Crippen LogP contribution in [0.4, 0.5) is 0 Å². The Labute approximate surface area is 494 Å². The number of nitrogens with zero attached hydrogens (tertiary/aromatic N) is 1. The molecule has 1 nitrogen and oxygen atoms in total. The Balaban J connectivity index is 0.000000107. The van der Waals surface area contributed by atoms with Crippen molar-refractivity contribution in [2.45, 2.75) is 95.8 Å². The lowest BCUT2D eigenvalue weighted by molar-refractivity contribution is -0.0399. The van der Waals surface area contributed by atoms with Crippen molar-refractivity contribution in [2.75, 3.05) is 0 Å². The maximum absolute atomic E-state index is 6.44. The summed E-state index contributed by atoms with van der Waals surface area (Å²) in [6.07, 6.45) is 15.5.